The summed E-state index contributed by atoms with van der Waals surface area (Å²) in [7, 11) is 0. The summed E-state index contributed by atoms with van der Waals surface area (Å²) in [6.07, 6.45) is 2.76. The van der Waals surface area contributed by atoms with E-state index in [1.807, 2.05) is 13.8 Å². The topological polar surface area (TPSA) is 23.1 Å². The third-order valence-corrected chi connectivity index (χ3v) is 1.59. The molecule has 0 bridgehead atoms. The average molecular weight is 136 g/mol. The van der Waals surface area contributed by atoms with Crippen molar-refractivity contribution < 1.29 is 24.0 Å². The van der Waals surface area contributed by atoms with Gasteiger partial charge in [-0.25, -0.2) is 0 Å². The maximum Gasteiger partial charge on any atom is 1.00 e. The molecule has 1 atom stereocenters. The largest absolute Gasteiger partial charge is 1.00 e. The fourth-order valence-electron chi connectivity index (χ4n) is 0.739. The van der Waals surface area contributed by atoms with Crippen molar-refractivity contribution in [3.05, 3.63) is 0 Å². The molecule has 0 N–H and O–H groups in total. The van der Waals surface area contributed by atoms with Crippen LogP contribution in [-0.2, 0) is 0 Å². The summed E-state index contributed by atoms with van der Waals surface area (Å²) in [5, 5.41) is 11.0. The van der Waals surface area contributed by atoms with Crippen LogP contribution in [0.5, 0.6) is 0 Å². The molecule has 10 heavy (non-hydrogen) atoms. The summed E-state index contributed by atoms with van der Waals surface area (Å²) in [6, 6.07) is 0. The predicted molar refractivity (Wildman–Crippen MR) is 38.2 cm³/mol. The molecule has 0 aliphatic heterocycles. The van der Waals surface area contributed by atoms with E-state index >= 15 is 0 Å². The van der Waals surface area contributed by atoms with E-state index in [1.165, 1.54) is 0 Å². The molecule has 56 valence electrons. The summed E-state index contributed by atoms with van der Waals surface area (Å²) in [5.41, 5.74) is 0. The average Bonchev–Trinajstić information content (AvgIpc) is 1.82. The first-order chi connectivity index (χ1) is 4.18. The fraction of sp³-hybridized carbons (Fsp3) is 1.00. The van der Waals surface area contributed by atoms with Gasteiger partial charge in [0.25, 0.3) is 0 Å². The van der Waals surface area contributed by atoms with Crippen molar-refractivity contribution in [2.24, 2.45) is 5.92 Å². The zero-order chi connectivity index (χ0) is 7.28. The van der Waals surface area contributed by atoms with Crippen molar-refractivity contribution in [2.45, 2.75) is 46.1 Å². The molecule has 1 nitrogen and oxygen atoms in total. The van der Waals surface area contributed by atoms with Crippen molar-refractivity contribution in [3.8, 4) is 0 Å². The van der Waals surface area contributed by atoms with Crippen molar-refractivity contribution in [3.63, 3.8) is 0 Å². The van der Waals surface area contributed by atoms with Gasteiger partial charge in [-0.05, 0) is 0 Å². The van der Waals surface area contributed by atoms with Gasteiger partial charge in [-0.1, -0.05) is 46.0 Å². The van der Waals surface area contributed by atoms with E-state index in [0.717, 1.165) is 19.3 Å². The Morgan fingerprint density at radius 2 is 1.80 bits per heavy atom. The summed E-state index contributed by atoms with van der Waals surface area (Å²) in [5.74, 6) is 0.316. The molecule has 0 saturated heterocycles. The van der Waals surface area contributed by atoms with Crippen LogP contribution in [0.2, 0.25) is 0 Å². The molecule has 0 amide bonds. The van der Waals surface area contributed by atoms with E-state index in [4.69, 9.17) is 0 Å². The van der Waals surface area contributed by atoms with Crippen molar-refractivity contribution in [1.82, 2.24) is 0 Å². The van der Waals surface area contributed by atoms with Crippen molar-refractivity contribution in [1.29, 1.82) is 0 Å². The van der Waals surface area contributed by atoms with Crippen LogP contribution in [0.3, 0.4) is 0 Å². The van der Waals surface area contributed by atoms with Gasteiger partial charge >= 0.3 is 18.9 Å². The Kier molecular flexibility index (Phi) is 10.1. The molecule has 0 fully saturated rings. The molecule has 0 rings (SSSR count). The summed E-state index contributed by atoms with van der Waals surface area (Å²) in [6.45, 7) is 6.10. The van der Waals surface area contributed by atoms with Crippen LogP contribution in [0.4, 0.5) is 0 Å². The summed E-state index contributed by atoms with van der Waals surface area (Å²) < 4.78 is 0. The normalized spacial score (nSPS) is 12.9. The second kappa shape index (κ2) is 7.66. The molecule has 0 aromatic heterocycles. The van der Waals surface area contributed by atoms with Crippen LogP contribution in [0.15, 0.2) is 0 Å². The molecule has 0 aliphatic rings. The van der Waals surface area contributed by atoms with E-state index in [2.05, 4.69) is 6.92 Å². The van der Waals surface area contributed by atoms with Gasteiger partial charge in [-0.2, -0.15) is 0 Å². The maximum atomic E-state index is 11.0. The third-order valence-electron chi connectivity index (χ3n) is 1.59. The zero-order valence-electron chi connectivity index (χ0n) is 7.68. The van der Waals surface area contributed by atoms with E-state index in [1.54, 1.807) is 0 Å². The Balaban J connectivity index is 0. The first kappa shape index (κ1) is 13.2. The Labute approximate surface area is 76.4 Å². The van der Waals surface area contributed by atoms with E-state index in [-0.39, 0.29) is 25.0 Å². The Morgan fingerprint density at radius 3 is 2.10 bits per heavy atom. The molecule has 0 spiro atoms. The van der Waals surface area contributed by atoms with Gasteiger partial charge in [0.2, 0.25) is 0 Å². The predicted octanol–water partition coefficient (Wildman–Crippen LogP) is -1.43. The van der Waals surface area contributed by atoms with Gasteiger partial charge in [0, 0.05) is 0 Å². The summed E-state index contributed by atoms with van der Waals surface area (Å²) in [4.78, 5) is 0. The molecule has 0 aromatic rings. The van der Waals surface area contributed by atoms with Crippen molar-refractivity contribution in [2.75, 3.05) is 0 Å². The monoisotopic (exact) mass is 136 g/mol. The molecule has 0 radical (unpaired) electrons. The fourth-order valence-corrected chi connectivity index (χ4v) is 0.739. The SMILES string of the molecule is CCCC[C@H]([O-])C(C)C.[Li+]. The second-order valence-electron chi connectivity index (χ2n) is 2.92. The van der Waals surface area contributed by atoms with Gasteiger partial charge in [0.05, 0.1) is 0 Å². The number of rotatable bonds is 4. The smallest absolute Gasteiger partial charge is 0.852 e. The number of unbranched alkanes of at least 4 members (excludes halogenated alkanes) is 1. The minimum atomic E-state index is -0.329. The molecule has 2 heteroatoms. The van der Waals surface area contributed by atoms with Gasteiger partial charge in [-0.15, -0.1) is 6.10 Å². The van der Waals surface area contributed by atoms with Crippen LogP contribution in [0, 0.1) is 5.92 Å². The van der Waals surface area contributed by atoms with Crippen LogP contribution >= 0.6 is 0 Å². The number of hydrogen-bond donors (Lipinski definition) is 0. The van der Waals surface area contributed by atoms with Gasteiger partial charge < -0.3 is 5.11 Å². The maximum absolute atomic E-state index is 11.0. The standard InChI is InChI=1S/C8H17O.Li/c1-4-5-6-8(9)7(2)3;/h7-8H,4-6H2,1-3H3;/q-1;+1/t8-;/m0./s1. The van der Waals surface area contributed by atoms with Gasteiger partial charge in [0.1, 0.15) is 0 Å². The first-order valence-electron chi connectivity index (χ1n) is 3.84. The third kappa shape index (κ3) is 6.67. The van der Waals surface area contributed by atoms with Gasteiger partial charge in [0.15, 0.2) is 0 Å². The minimum absolute atomic E-state index is 0. The summed E-state index contributed by atoms with van der Waals surface area (Å²) >= 11 is 0. The molecule has 0 heterocycles. The zero-order valence-corrected chi connectivity index (χ0v) is 7.68. The Morgan fingerprint density at radius 1 is 1.30 bits per heavy atom. The first-order valence-corrected chi connectivity index (χ1v) is 3.84. The molecule has 0 aliphatic carbocycles. The minimum Gasteiger partial charge on any atom is -0.852 e. The number of hydrogen-bond acceptors (Lipinski definition) is 1. The quantitative estimate of drug-likeness (QED) is 0.434. The van der Waals surface area contributed by atoms with Crippen LogP contribution < -0.4 is 24.0 Å². The van der Waals surface area contributed by atoms with E-state index < -0.39 is 0 Å². The molecular formula is C8H17LiO. The van der Waals surface area contributed by atoms with Gasteiger partial charge in [-0.3, -0.25) is 0 Å². The Bertz CT molecular complexity index is 64.3. The second-order valence-corrected chi connectivity index (χ2v) is 2.92. The van der Waals surface area contributed by atoms with Crippen molar-refractivity contribution >= 4 is 0 Å². The van der Waals surface area contributed by atoms with E-state index in [9.17, 15) is 5.11 Å². The molecule has 0 saturated carbocycles. The van der Waals surface area contributed by atoms with Crippen LogP contribution in [0.25, 0.3) is 0 Å². The van der Waals surface area contributed by atoms with Crippen LogP contribution in [-0.4, -0.2) is 6.10 Å². The van der Waals surface area contributed by atoms with E-state index in [0.29, 0.717) is 5.92 Å². The molecule has 0 aromatic carbocycles. The Hall–Kier alpha value is 0.557. The molecule has 0 unspecified atom stereocenters. The van der Waals surface area contributed by atoms with Crippen LogP contribution in [0.1, 0.15) is 40.0 Å². The molecular weight excluding hydrogens is 119 g/mol.